The number of benzene rings is 3. The fourth-order valence-corrected chi connectivity index (χ4v) is 2.71. The molecule has 0 aliphatic rings. The van der Waals surface area contributed by atoms with Gasteiger partial charge in [-0.2, -0.15) is 10.5 Å². The van der Waals surface area contributed by atoms with Gasteiger partial charge in [0.25, 0.3) is 0 Å². The Hall–Kier alpha value is -4.35. The average Bonchev–Trinajstić information content (AvgIpc) is 2.77. The Balaban J connectivity index is 1.72. The molecular formula is C24H15N2O3-. The highest BCUT2D eigenvalue weighted by atomic mass is 16.5. The molecular weight excluding hydrogens is 364 g/mol. The van der Waals surface area contributed by atoms with Crippen LogP contribution in [0.1, 0.15) is 32.6 Å². The number of nitrogens with zero attached hydrogens (tertiary/aromatic N) is 2. The molecule has 0 fully saturated rings. The van der Waals surface area contributed by atoms with Crippen molar-refractivity contribution in [2.45, 2.75) is 6.61 Å². The van der Waals surface area contributed by atoms with Crippen molar-refractivity contribution in [3.05, 3.63) is 101 Å². The maximum Gasteiger partial charge on any atom is 0.119 e. The lowest BCUT2D eigenvalue weighted by atomic mass is 10.0. The van der Waals surface area contributed by atoms with Crippen LogP contribution in [0.5, 0.6) is 5.75 Å². The molecule has 3 aromatic rings. The maximum absolute atomic E-state index is 10.8. The van der Waals surface area contributed by atoms with Crippen molar-refractivity contribution in [1.29, 1.82) is 10.5 Å². The number of carbonyl (C=O) groups excluding carboxylic acids is 1. The lowest BCUT2D eigenvalue weighted by Crippen LogP contribution is -2.21. The quantitative estimate of drug-likeness (QED) is 0.482. The summed E-state index contributed by atoms with van der Waals surface area (Å²) in [6.45, 7) is 0.285. The Morgan fingerprint density at radius 1 is 0.931 bits per heavy atom. The number of allylic oxidation sites excluding steroid dienone is 1. The summed E-state index contributed by atoms with van der Waals surface area (Å²) < 4.78 is 5.74. The first kappa shape index (κ1) is 19.4. The first-order valence-corrected chi connectivity index (χ1v) is 8.75. The molecule has 3 aromatic carbocycles. The molecule has 0 saturated heterocycles. The zero-order chi connectivity index (χ0) is 20.6. The molecule has 0 amide bonds. The number of hydrogen-bond donors (Lipinski definition) is 0. The van der Waals surface area contributed by atoms with Gasteiger partial charge in [0.05, 0.1) is 29.2 Å². The Bertz CT molecular complexity index is 1130. The summed E-state index contributed by atoms with van der Waals surface area (Å²) in [6, 6.07) is 24.7. The largest absolute Gasteiger partial charge is 0.545 e. The van der Waals surface area contributed by atoms with Gasteiger partial charge in [0, 0.05) is 5.56 Å². The Morgan fingerprint density at radius 3 is 2.21 bits per heavy atom. The molecule has 29 heavy (non-hydrogen) atoms. The fourth-order valence-electron chi connectivity index (χ4n) is 2.71. The first-order chi connectivity index (χ1) is 14.1. The summed E-state index contributed by atoms with van der Waals surface area (Å²) in [5, 5.41) is 29.4. The zero-order valence-electron chi connectivity index (χ0n) is 15.3. The predicted molar refractivity (Wildman–Crippen MR) is 106 cm³/mol. The Morgan fingerprint density at radius 2 is 1.59 bits per heavy atom. The number of carbonyl (C=O) groups is 1. The lowest BCUT2D eigenvalue weighted by molar-refractivity contribution is -0.255. The van der Waals surface area contributed by atoms with Crippen molar-refractivity contribution < 1.29 is 14.6 Å². The van der Waals surface area contributed by atoms with Gasteiger partial charge < -0.3 is 14.6 Å². The van der Waals surface area contributed by atoms with E-state index in [1.807, 2.05) is 30.3 Å². The smallest absolute Gasteiger partial charge is 0.119 e. The van der Waals surface area contributed by atoms with Gasteiger partial charge in [0.2, 0.25) is 0 Å². The molecule has 5 nitrogen and oxygen atoms in total. The van der Waals surface area contributed by atoms with Gasteiger partial charge in [0.1, 0.15) is 12.4 Å². The van der Waals surface area contributed by atoms with Crippen LogP contribution < -0.4 is 9.84 Å². The molecule has 0 atom stereocenters. The summed E-state index contributed by atoms with van der Waals surface area (Å²) in [4.78, 5) is 10.8. The minimum Gasteiger partial charge on any atom is -0.545 e. The summed E-state index contributed by atoms with van der Waals surface area (Å²) in [6.07, 6.45) is 1.71. The van der Waals surface area contributed by atoms with Gasteiger partial charge in [-0.15, -0.1) is 0 Å². The van der Waals surface area contributed by atoms with Crippen molar-refractivity contribution in [1.82, 2.24) is 0 Å². The highest BCUT2D eigenvalue weighted by Gasteiger charge is 2.04. The van der Waals surface area contributed by atoms with Crippen molar-refractivity contribution in [3.8, 4) is 17.9 Å². The summed E-state index contributed by atoms with van der Waals surface area (Å²) in [5.74, 6) is -0.612. The molecule has 0 bridgehead atoms. The van der Waals surface area contributed by atoms with Crippen LogP contribution >= 0.6 is 0 Å². The molecule has 0 aromatic heterocycles. The zero-order valence-corrected chi connectivity index (χ0v) is 15.3. The third-order valence-corrected chi connectivity index (χ3v) is 4.28. The van der Waals surface area contributed by atoms with Crippen molar-refractivity contribution in [2.75, 3.05) is 0 Å². The summed E-state index contributed by atoms with van der Waals surface area (Å²) in [5.41, 5.74) is 3.28. The monoisotopic (exact) mass is 379 g/mol. The number of nitriles is 2. The van der Waals surface area contributed by atoms with Crippen LogP contribution in [-0.4, -0.2) is 5.97 Å². The second kappa shape index (κ2) is 9.03. The van der Waals surface area contributed by atoms with Crippen LogP contribution in [0, 0.1) is 22.7 Å². The predicted octanol–water partition coefficient (Wildman–Crippen LogP) is 3.56. The molecule has 0 saturated carbocycles. The highest BCUT2D eigenvalue weighted by molar-refractivity contribution is 5.91. The minimum absolute atomic E-state index is 0.0607. The van der Waals surface area contributed by atoms with Crippen LogP contribution in [0.25, 0.3) is 11.6 Å². The van der Waals surface area contributed by atoms with E-state index in [-0.39, 0.29) is 12.2 Å². The topological polar surface area (TPSA) is 96.9 Å². The molecule has 5 heteroatoms. The molecule has 0 radical (unpaired) electrons. The first-order valence-electron chi connectivity index (χ1n) is 8.75. The molecule has 0 aliphatic heterocycles. The van der Waals surface area contributed by atoms with E-state index in [0.29, 0.717) is 22.4 Å². The SMILES string of the molecule is N#C/C(=C/c1ccc(OCc2ccccc2C#N)cc1)c1ccc(C(=O)[O-])cc1. The van der Waals surface area contributed by atoms with Gasteiger partial charge >= 0.3 is 0 Å². The minimum atomic E-state index is -1.26. The van der Waals surface area contributed by atoms with E-state index in [0.717, 1.165) is 11.1 Å². The van der Waals surface area contributed by atoms with E-state index in [4.69, 9.17) is 10.00 Å². The molecule has 3 rings (SSSR count). The number of carboxylic acids is 1. The Kier molecular flexibility index (Phi) is 6.05. The van der Waals surface area contributed by atoms with E-state index < -0.39 is 5.97 Å². The number of aromatic carboxylic acids is 1. The van der Waals surface area contributed by atoms with Crippen LogP contribution in [0.3, 0.4) is 0 Å². The van der Waals surface area contributed by atoms with Crippen molar-refractivity contribution in [2.24, 2.45) is 0 Å². The molecule has 0 unspecified atom stereocenters. The second-order valence-corrected chi connectivity index (χ2v) is 6.16. The van der Waals surface area contributed by atoms with Gasteiger partial charge in [-0.25, -0.2) is 0 Å². The number of hydrogen-bond acceptors (Lipinski definition) is 5. The van der Waals surface area contributed by atoms with E-state index in [1.165, 1.54) is 12.1 Å². The summed E-state index contributed by atoms with van der Waals surface area (Å²) in [7, 11) is 0. The average molecular weight is 379 g/mol. The second-order valence-electron chi connectivity index (χ2n) is 6.16. The molecule has 140 valence electrons. The third kappa shape index (κ3) is 4.88. The van der Waals surface area contributed by atoms with Gasteiger partial charge in [-0.3, -0.25) is 0 Å². The van der Waals surface area contributed by atoms with Crippen LogP contribution in [0.15, 0.2) is 72.8 Å². The normalized spacial score (nSPS) is 10.6. The molecule has 0 heterocycles. The molecule has 0 aliphatic carbocycles. The number of carboxylic acid groups (broad SMARTS) is 1. The van der Waals surface area contributed by atoms with Gasteiger partial charge in [-0.1, -0.05) is 54.6 Å². The lowest BCUT2D eigenvalue weighted by Gasteiger charge is -2.08. The van der Waals surface area contributed by atoms with E-state index in [2.05, 4.69) is 12.1 Å². The van der Waals surface area contributed by atoms with Crippen LogP contribution in [0.2, 0.25) is 0 Å². The number of rotatable bonds is 6. The highest BCUT2D eigenvalue weighted by Crippen LogP contribution is 2.21. The standard InChI is InChI=1S/C24H16N2O3/c25-14-20-3-1-2-4-21(20)16-29-23-11-5-17(6-12-23)13-22(15-26)18-7-9-19(10-8-18)24(27)28/h1-13H,16H2,(H,27,28)/p-1/b22-13-. The third-order valence-electron chi connectivity index (χ3n) is 4.28. The van der Waals surface area contributed by atoms with E-state index in [9.17, 15) is 15.2 Å². The van der Waals surface area contributed by atoms with E-state index >= 15 is 0 Å². The maximum atomic E-state index is 10.8. The van der Waals surface area contributed by atoms with Crippen molar-refractivity contribution in [3.63, 3.8) is 0 Å². The number of ether oxygens (including phenoxy) is 1. The summed E-state index contributed by atoms with van der Waals surface area (Å²) >= 11 is 0. The van der Waals surface area contributed by atoms with Crippen molar-refractivity contribution >= 4 is 17.6 Å². The van der Waals surface area contributed by atoms with Gasteiger partial charge in [-0.05, 0) is 41.0 Å². The Labute approximate surface area is 168 Å². The van der Waals surface area contributed by atoms with Crippen LogP contribution in [-0.2, 0) is 6.61 Å². The molecule has 0 N–H and O–H groups in total. The van der Waals surface area contributed by atoms with Gasteiger partial charge in [0.15, 0.2) is 0 Å². The fraction of sp³-hybridized carbons (Fsp3) is 0.0417. The molecule has 0 spiro atoms. The van der Waals surface area contributed by atoms with E-state index in [1.54, 1.807) is 36.4 Å². The van der Waals surface area contributed by atoms with Crippen LogP contribution in [0.4, 0.5) is 0 Å².